The number of nitrogens with one attached hydrogen (secondary N) is 2. The predicted octanol–water partition coefficient (Wildman–Crippen LogP) is 1.62. The van der Waals surface area contributed by atoms with Gasteiger partial charge in [0.05, 0.1) is 0 Å². The normalized spacial score (nSPS) is 16.2. The van der Waals surface area contributed by atoms with Crippen molar-refractivity contribution in [1.82, 2.24) is 25.5 Å². The fraction of sp³-hybridized carbons (Fsp3) is 0.429. The number of aromatic amines is 1. The quantitative estimate of drug-likeness (QED) is 0.887. The van der Waals surface area contributed by atoms with Gasteiger partial charge in [0.15, 0.2) is 0 Å². The van der Waals surface area contributed by atoms with Crippen LogP contribution in [0.3, 0.4) is 0 Å². The average Bonchev–Trinajstić information content (AvgIpc) is 3.09. The van der Waals surface area contributed by atoms with E-state index < -0.39 is 11.9 Å². The Labute approximate surface area is 135 Å². The van der Waals surface area contributed by atoms with Gasteiger partial charge in [-0.3, -0.25) is 9.89 Å². The van der Waals surface area contributed by atoms with Crippen LogP contribution in [0, 0.1) is 0 Å². The van der Waals surface area contributed by atoms with Crippen LogP contribution in [0.1, 0.15) is 29.0 Å². The van der Waals surface area contributed by atoms with Crippen LogP contribution in [0.15, 0.2) is 24.7 Å². The molecule has 2 aromatic heterocycles. The van der Waals surface area contributed by atoms with Crippen LogP contribution in [-0.2, 0) is 6.18 Å². The molecular formula is C14H15F3N6O. The molecule has 0 unspecified atom stereocenters. The zero-order valence-electron chi connectivity index (χ0n) is 12.5. The molecule has 0 atom stereocenters. The van der Waals surface area contributed by atoms with E-state index in [0.717, 1.165) is 12.4 Å². The predicted molar refractivity (Wildman–Crippen MR) is 78.3 cm³/mol. The summed E-state index contributed by atoms with van der Waals surface area (Å²) >= 11 is 0. The first-order chi connectivity index (χ1) is 11.4. The van der Waals surface area contributed by atoms with Crippen LogP contribution >= 0.6 is 0 Å². The van der Waals surface area contributed by atoms with Gasteiger partial charge >= 0.3 is 6.18 Å². The van der Waals surface area contributed by atoms with Gasteiger partial charge in [0.25, 0.3) is 5.91 Å². The summed E-state index contributed by atoms with van der Waals surface area (Å²) in [7, 11) is 0. The van der Waals surface area contributed by atoms with Gasteiger partial charge in [0.1, 0.15) is 23.5 Å². The monoisotopic (exact) mass is 340 g/mol. The second-order valence-electron chi connectivity index (χ2n) is 5.46. The third-order valence-corrected chi connectivity index (χ3v) is 3.84. The summed E-state index contributed by atoms with van der Waals surface area (Å²) < 4.78 is 38.1. The highest BCUT2D eigenvalue weighted by Gasteiger charge is 2.33. The first-order valence-corrected chi connectivity index (χ1v) is 7.38. The maximum Gasteiger partial charge on any atom is 0.433 e. The Hall–Kier alpha value is -2.65. The third kappa shape index (κ3) is 3.63. The van der Waals surface area contributed by atoms with Crippen molar-refractivity contribution in [2.45, 2.75) is 25.1 Å². The summed E-state index contributed by atoms with van der Waals surface area (Å²) in [5.41, 5.74) is -0.578. The van der Waals surface area contributed by atoms with Crippen LogP contribution in [0.5, 0.6) is 0 Å². The van der Waals surface area contributed by atoms with E-state index in [4.69, 9.17) is 0 Å². The first-order valence-electron chi connectivity index (χ1n) is 7.38. The molecule has 0 bridgehead atoms. The van der Waals surface area contributed by atoms with Crippen molar-refractivity contribution in [3.8, 4) is 0 Å². The van der Waals surface area contributed by atoms with E-state index in [-0.39, 0.29) is 17.8 Å². The van der Waals surface area contributed by atoms with Crippen LogP contribution in [-0.4, -0.2) is 45.2 Å². The van der Waals surface area contributed by atoms with Crippen molar-refractivity contribution in [3.05, 3.63) is 36.0 Å². The van der Waals surface area contributed by atoms with Gasteiger partial charge in [-0.05, 0) is 18.9 Å². The van der Waals surface area contributed by atoms with E-state index in [9.17, 15) is 18.0 Å². The Kier molecular flexibility index (Phi) is 4.36. The number of aromatic nitrogens is 4. The molecule has 0 aromatic carbocycles. The summed E-state index contributed by atoms with van der Waals surface area (Å²) in [5.74, 6) is 0.00279. The molecular weight excluding hydrogens is 325 g/mol. The Morgan fingerprint density at radius 2 is 2.04 bits per heavy atom. The number of carbonyl (C=O) groups is 1. The van der Waals surface area contributed by atoms with E-state index in [1.165, 1.54) is 6.20 Å². The van der Waals surface area contributed by atoms with Gasteiger partial charge in [-0.15, -0.1) is 0 Å². The number of nitrogens with zero attached hydrogens (tertiary/aromatic N) is 4. The minimum absolute atomic E-state index is 0.0408. The molecule has 1 fully saturated rings. The van der Waals surface area contributed by atoms with E-state index in [0.29, 0.717) is 31.6 Å². The molecule has 7 nitrogen and oxygen atoms in total. The lowest BCUT2D eigenvalue weighted by Gasteiger charge is -2.33. The van der Waals surface area contributed by atoms with Crippen LogP contribution in [0.2, 0.25) is 0 Å². The first kappa shape index (κ1) is 16.2. The lowest BCUT2D eigenvalue weighted by molar-refractivity contribution is -0.141. The number of hydrogen-bond acceptors (Lipinski definition) is 5. The SMILES string of the molecule is O=C(NC1CCN(c2cc(C(F)(F)F)ncn2)CC1)c1ccn[nH]1. The van der Waals surface area contributed by atoms with Crippen molar-refractivity contribution in [2.75, 3.05) is 18.0 Å². The number of piperidine rings is 1. The van der Waals surface area contributed by atoms with E-state index in [2.05, 4.69) is 25.5 Å². The van der Waals surface area contributed by atoms with Crippen molar-refractivity contribution in [1.29, 1.82) is 0 Å². The molecule has 128 valence electrons. The second-order valence-corrected chi connectivity index (χ2v) is 5.46. The number of alkyl halides is 3. The van der Waals surface area contributed by atoms with Gasteiger partial charge in [-0.2, -0.15) is 18.3 Å². The molecule has 0 saturated carbocycles. The minimum Gasteiger partial charge on any atom is -0.356 e. The highest BCUT2D eigenvalue weighted by molar-refractivity contribution is 5.92. The molecule has 2 N–H and O–H groups in total. The van der Waals surface area contributed by atoms with E-state index >= 15 is 0 Å². The number of hydrogen-bond donors (Lipinski definition) is 2. The molecule has 2 aromatic rings. The van der Waals surface area contributed by atoms with Crippen molar-refractivity contribution < 1.29 is 18.0 Å². The summed E-state index contributed by atoms with van der Waals surface area (Å²) in [6, 6.07) is 2.48. The molecule has 0 radical (unpaired) electrons. The topological polar surface area (TPSA) is 86.8 Å². The highest BCUT2D eigenvalue weighted by Crippen LogP contribution is 2.29. The fourth-order valence-electron chi connectivity index (χ4n) is 2.57. The fourth-order valence-corrected chi connectivity index (χ4v) is 2.57. The Bertz CT molecular complexity index is 695. The van der Waals surface area contributed by atoms with Crippen LogP contribution < -0.4 is 10.2 Å². The lowest BCUT2D eigenvalue weighted by atomic mass is 10.0. The molecule has 1 amide bonds. The number of halogens is 3. The molecule has 24 heavy (non-hydrogen) atoms. The molecule has 1 aliphatic rings. The number of H-pyrrole nitrogens is 1. The number of carbonyl (C=O) groups excluding carboxylic acids is 1. The number of amides is 1. The van der Waals surface area contributed by atoms with Crippen molar-refractivity contribution in [3.63, 3.8) is 0 Å². The van der Waals surface area contributed by atoms with Crippen molar-refractivity contribution in [2.24, 2.45) is 0 Å². The summed E-state index contributed by atoms with van der Waals surface area (Å²) in [6.45, 7) is 1.00. The molecule has 0 spiro atoms. The minimum atomic E-state index is -4.49. The van der Waals surface area contributed by atoms with Gasteiger partial charge in [0.2, 0.25) is 0 Å². The second kappa shape index (κ2) is 6.46. The lowest BCUT2D eigenvalue weighted by Crippen LogP contribution is -2.45. The Morgan fingerprint density at radius 3 is 2.67 bits per heavy atom. The maximum atomic E-state index is 12.7. The van der Waals surface area contributed by atoms with E-state index in [1.807, 2.05) is 0 Å². The molecule has 0 aliphatic carbocycles. The molecule has 1 saturated heterocycles. The highest BCUT2D eigenvalue weighted by atomic mass is 19.4. The smallest absolute Gasteiger partial charge is 0.356 e. The van der Waals surface area contributed by atoms with Crippen LogP contribution in [0.25, 0.3) is 0 Å². The molecule has 10 heteroatoms. The molecule has 3 rings (SSSR count). The average molecular weight is 340 g/mol. The van der Waals surface area contributed by atoms with Crippen LogP contribution in [0.4, 0.5) is 19.0 Å². The van der Waals surface area contributed by atoms with Gasteiger partial charge in [0, 0.05) is 31.4 Å². The van der Waals surface area contributed by atoms with Crippen molar-refractivity contribution >= 4 is 11.7 Å². The largest absolute Gasteiger partial charge is 0.433 e. The summed E-state index contributed by atoms with van der Waals surface area (Å²) in [6.07, 6.45) is -0.848. The zero-order valence-corrected chi connectivity index (χ0v) is 12.5. The number of rotatable bonds is 3. The van der Waals surface area contributed by atoms with E-state index in [1.54, 1.807) is 11.0 Å². The zero-order chi connectivity index (χ0) is 17.2. The van der Waals surface area contributed by atoms with Gasteiger partial charge < -0.3 is 10.2 Å². The Balaban J connectivity index is 1.58. The molecule has 1 aliphatic heterocycles. The van der Waals surface area contributed by atoms with Gasteiger partial charge in [-0.25, -0.2) is 9.97 Å². The van der Waals surface area contributed by atoms with Gasteiger partial charge in [-0.1, -0.05) is 0 Å². The third-order valence-electron chi connectivity index (χ3n) is 3.84. The maximum absolute atomic E-state index is 12.7. The Morgan fingerprint density at radius 1 is 1.29 bits per heavy atom. The summed E-state index contributed by atoms with van der Waals surface area (Å²) in [5, 5.41) is 9.18. The summed E-state index contributed by atoms with van der Waals surface area (Å²) in [4.78, 5) is 20.9. The number of anilines is 1. The standard InChI is InChI=1S/C14H15F3N6O/c15-14(16,17)11-7-12(19-8-18-11)23-5-2-9(3-6-23)21-13(24)10-1-4-20-22-10/h1,4,7-9H,2-3,5-6H2,(H,20,22)(H,21,24). The molecule has 3 heterocycles.